The van der Waals surface area contributed by atoms with Crippen molar-refractivity contribution >= 4 is 38.2 Å². The van der Waals surface area contributed by atoms with E-state index in [1.165, 1.54) is 11.3 Å². The predicted octanol–water partition coefficient (Wildman–Crippen LogP) is 4.64. The van der Waals surface area contributed by atoms with Gasteiger partial charge in [-0.2, -0.15) is 4.99 Å². The van der Waals surface area contributed by atoms with Crippen LogP contribution in [0.5, 0.6) is 5.75 Å². The van der Waals surface area contributed by atoms with Gasteiger partial charge in [0.05, 0.1) is 17.9 Å². The van der Waals surface area contributed by atoms with Crippen molar-refractivity contribution in [3.05, 3.63) is 71.0 Å². The van der Waals surface area contributed by atoms with Gasteiger partial charge in [0.15, 0.2) is 4.80 Å². The molecule has 6 heteroatoms. The zero-order valence-corrected chi connectivity index (χ0v) is 17.2. The van der Waals surface area contributed by atoms with Gasteiger partial charge in [-0.05, 0) is 35.9 Å². The quantitative estimate of drug-likeness (QED) is 0.469. The van der Waals surface area contributed by atoms with E-state index in [2.05, 4.69) is 4.99 Å². The third-order valence-corrected chi connectivity index (χ3v) is 5.74. The minimum atomic E-state index is -0.252. The summed E-state index contributed by atoms with van der Waals surface area (Å²) in [5.41, 5.74) is 1.55. The molecule has 5 nitrogen and oxygen atoms in total. The minimum Gasteiger partial charge on any atom is -0.492 e. The zero-order valence-electron chi connectivity index (χ0n) is 16.4. The lowest BCUT2D eigenvalue weighted by Crippen LogP contribution is -2.19. The molecule has 29 heavy (non-hydrogen) atoms. The van der Waals surface area contributed by atoms with Gasteiger partial charge in [0.1, 0.15) is 11.3 Å². The van der Waals surface area contributed by atoms with Crippen molar-refractivity contribution in [3.8, 4) is 5.75 Å². The van der Waals surface area contributed by atoms with E-state index >= 15 is 0 Å². The summed E-state index contributed by atoms with van der Waals surface area (Å²) in [6, 6.07) is 19.5. The molecule has 3 aromatic carbocycles. The molecule has 4 aromatic rings. The molecule has 1 amide bonds. The van der Waals surface area contributed by atoms with Crippen LogP contribution in [-0.4, -0.2) is 30.8 Å². The van der Waals surface area contributed by atoms with Gasteiger partial charge in [0, 0.05) is 19.2 Å². The van der Waals surface area contributed by atoms with Gasteiger partial charge in [-0.3, -0.25) is 4.79 Å². The summed E-state index contributed by atoms with van der Waals surface area (Å²) in [6.07, 6.45) is 0. The number of hydrogen-bond acceptors (Lipinski definition) is 4. The first-order chi connectivity index (χ1) is 14.2. The van der Waals surface area contributed by atoms with Crippen LogP contribution in [0.4, 0.5) is 0 Å². The van der Waals surface area contributed by atoms with Crippen LogP contribution in [0.2, 0.25) is 0 Å². The maximum Gasteiger partial charge on any atom is 0.280 e. The predicted molar refractivity (Wildman–Crippen MR) is 117 cm³/mol. The molecule has 4 rings (SSSR count). The maximum atomic E-state index is 13.1. The van der Waals surface area contributed by atoms with E-state index in [4.69, 9.17) is 9.47 Å². The topological polar surface area (TPSA) is 52.8 Å². The van der Waals surface area contributed by atoms with Crippen molar-refractivity contribution in [1.82, 2.24) is 4.57 Å². The highest BCUT2D eigenvalue weighted by Gasteiger charge is 2.14. The molecule has 0 saturated carbocycles. The van der Waals surface area contributed by atoms with E-state index in [0.29, 0.717) is 30.1 Å². The number of amides is 1. The summed E-state index contributed by atoms with van der Waals surface area (Å²) in [6.45, 7) is 3.63. The van der Waals surface area contributed by atoms with E-state index in [1.807, 2.05) is 72.2 Å². The number of carbonyl (C=O) groups excluding carboxylic acids is 1. The second-order valence-electron chi connectivity index (χ2n) is 6.51. The molecule has 0 unspecified atom stereocenters. The van der Waals surface area contributed by atoms with Gasteiger partial charge in [0.25, 0.3) is 5.91 Å². The lowest BCUT2D eigenvalue weighted by atomic mass is 10.0. The number of carbonyl (C=O) groups is 1. The summed E-state index contributed by atoms with van der Waals surface area (Å²) in [4.78, 5) is 18.2. The Hall–Kier alpha value is -2.96. The Bertz CT molecular complexity index is 1230. The summed E-state index contributed by atoms with van der Waals surface area (Å²) in [5.74, 6) is 0.536. The van der Waals surface area contributed by atoms with Gasteiger partial charge in [0.2, 0.25) is 0 Å². The Balaban J connectivity index is 1.89. The first-order valence-corrected chi connectivity index (χ1v) is 10.4. The molecule has 0 N–H and O–H groups in total. The van der Waals surface area contributed by atoms with E-state index in [1.54, 1.807) is 7.11 Å². The highest BCUT2D eigenvalue weighted by Crippen LogP contribution is 2.28. The maximum absolute atomic E-state index is 13.1. The first kappa shape index (κ1) is 19.4. The van der Waals surface area contributed by atoms with Crippen LogP contribution in [0.3, 0.4) is 0 Å². The minimum absolute atomic E-state index is 0.252. The fourth-order valence-corrected chi connectivity index (χ4v) is 4.48. The lowest BCUT2D eigenvalue weighted by Gasteiger charge is -2.09. The molecule has 0 aliphatic rings. The van der Waals surface area contributed by atoms with Crippen LogP contribution in [0.15, 0.2) is 65.7 Å². The normalized spacial score (nSPS) is 12.0. The number of para-hydroxylation sites is 1. The van der Waals surface area contributed by atoms with Crippen LogP contribution >= 0.6 is 11.3 Å². The van der Waals surface area contributed by atoms with Crippen molar-refractivity contribution < 1.29 is 14.3 Å². The molecule has 1 aromatic heterocycles. The van der Waals surface area contributed by atoms with Crippen LogP contribution in [0.25, 0.3) is 21.0 Å². The van der Waals surface area contributed by atoms with Crippen LogP contribution in [-0.2, 0) is 11.3 Å². The van der Waals surface area contributed by atoms with Gasteiger partial charge in [-0.15, -0.1) is 0 Å². The monoisotopic (exact) mass is 406 g/mol. The Morgan fingerprint density at radius 3 is 2.69 bits per heavy atom. The number of rotatable bonds is 6. The SMILES string of the molecule is CCOc1cccc2sc(=NC(=O)c3cccc4ccccc34)n(CCOC)c12. The fraction of sp³-hybridized carbons (Fsp3) is 0.217. The number of thiazole rings is 1. The smallest absolute Gasteiger partial charge is 0.280 e. The van der Waals surface area contributed by atoms with Crippen molar-refractivity contribution in [3.63, 3.8) is 0 Å². The molecule has 0 atom stereocenters. The molecule has 0 radical (unpaired) electrons. The Labute approximate surface area is 172 Å². The van der Waals surface area contributed by atoms with E-state index in [0.717, 1.165) is 26.7 Å². The number of methoxy groups -OCH3 is 1. The second-order valence-corrected chi connectivity index (χ2v) is 7.52. The Kier molecular flexibility index (Phi) is 5.74. The number of benzene rings is 3. The standard InChI is InChI=1S/C23H22N2O3S/c1-3-28-19-12-7-13-20-21(19)25(14-15-27-2)23(29-20)24-22(26)18-11-6-9-16-8-4-5-10-17(16)18/h4-13H,3,14-15H2,1-2H3. The lowest BCUT2D eigenvalue weighted by molar-refractivity contribution is 0.0999. The molecule has 0 aliphatic heterocycles. The highest BCUT2D eigenvalue weighted by atomic mass is 32.1. The number of fused-ring (bicyclic) bond motifs is 2. The molecule has 0 saturated heterocycles. The van der Waals surface area contributed by atoms with Crippen molar-refractivity contribution in [1.29, 1.82) is 0 Å². The molecule has 0 fully saturated rings. The molecule has 0 spiro atoms. The van der Waals surface area contributed by atoms with E-state index in [9.17, 15) is 4.79 Å². The number of ether oxygens (including phenoxy) is 2. The van der Waals surface area contributed by atoms with Crippen molar-refractivity contribution in [2.75, 3.05) is 20.3 Å². The van der Waals surface area contributed by atoms with Crippen LogP contribution < -0.4 is 9.54 Å². The number of nitrogens with zero attached hydrogens (tertiary/aromatic N) is 2. The average molecular weight is 407 g/mol. The third kappa shape index (κ3) is 3.81. The van der Waals surface area contributed by atoms with Gasteiger partial charge < -0.3 is 14.0 Å². The van der Waals surface area contributed by atoms with Crippen molar-refractivity contribution in [2.24, 2.45) is 4.99 Å². The summed E-state index contributed by atoms with van der Waals surface area (Å²) >= 11 is 1.48. The van der Waals surface area contributed by atoms with Gasteiger partial charge in [-0.1, -0.05) is 53.8 Å². The molecule has 0 aliphatic carbocycles. The highest BCUT2D eigenvalue weighted by molar-refractivity contribution is 7.16. The second kappa shape index (κ2) is 8.59. The summed E-state index contributed by atoms with van der Waals surface area (Å²) < 4.78 is 14.1. The Morgan fingerprint density at radius 2 is 1.86 bits per heavy atom. The summed E-state index contributed by atoms with van der Waals surface area (Å²) in [7, 11) is 1.66. The summed E-state index contributed by atoms with van der Waals surface area (Å²) in [5, 5.41) is 1.93. The van der Waals surface area contributed by atoms with Gasteiger partial charge >= 0.3 is 0 Å². The first-order valence-electron chi connectivity index (χ1n) is 9.54. The molecule has 1 heterocycles. The van der Waals surface area contributed by atoms with E-state index < -0.39 is 0 Å². The molecular weight excluding hydrogens is 384 g/mol. The molecular formula is C23H22N2O3S. The average Bonchev–Trinajstić information content (AvgIpc) is 3.09. The fourth-order valence-electron chi connectivity index (χ4n) is 3.40. The Morgan fingerprint density at radius 1 is 1.07 bits per heavy atom. The van der Waals surface area contributed by atoms with Crippen LogP contribution in [0, 0.1) is 0 Å². The van der Waals surface area contributed by atoms with Crippen molar-refractivity contribution in [2.45, 2.75) is 13.5 Å². The number of hydrogen-bond donors (Lipinski definition) is 0. The van der Waals surface area contributed by atoms with Gasteiger partial charge in [-0.25, -0.2) is 0 Å². The third-order valence-electron chi connectivity index (χ3n) is 4.70. The zero-order chi connectivity index (χ0) is 20.2. The van der Waals surface area contributed by atoms with Crippen LogP contribution in [0.1, 0.15) is 17.3 Å². The van der Waals surface area contributed by atoms with E-state index in [-0.39, 0.29) is 5.91 Å². The largest absolute Gasteiger partial charge is 0.492 e. The molecule has 148 valence electrons. The molecule has 0 bridgehead atoms. The number of aromatic nitrogens is 1.